The SMILES string of the molecule is CCC(CC)NCCn1nnc(-c2ccco2)n1. The fourth-order valence-corrected chi connectivity index (χ4v) is 1.79. The molecule has 18 heavy (non-hydrogen) atoms. The largest absolute Gasteiger partial charge is 0.461 e. The van der Waals surface area contributed by atoms with E-state index >= 15 is 0 Å². The Balaban J connectivity index is 1.84. The smallest absolute Gasteiger partial charge is 0.240 e. The first-order valence-corrected chi connectivity index (χ1v) is 6.38. The van der Waals surface area contributed by atoms with Crippen molar-refractivity contribution in [3.05, 3.63) is 18.4 Å². The molecule has 0 bridgehead atoms. The lowest BCUT2D eigenvalue weighted by Crippen LogP contribution is -2.31. The maximum atomic E-state index is 5.22. The number of nitrogens with zero attached hydrogens (tertiary/aromatic N) is 4. The van der Waals surface area contributed by atoms with Crippen LogP contribution in [0.5, 0.6) is 0 Å². The van der Waals surface area contributed by atoms with Crippen molar-refractivity contribution in [2.24, 2.45) is 0 Å². The third-order valence-electron chi connectivity index (χ3n) is 2.92. The van der Waals surface area contributed by atoms with E-state index in [1.165, 1.54) is 0 Å². The van der Waals surface area contributed by atoms with E-state index in [1.54, 1.807) is 11.1 Å². The lowest BCUT2D eigenvalue weighted by atomic mass is 10.2. The van der Waals surface area contributed by atoms with Crippen LogP contribution in [0.25, 0.3) is 11.6 Å². The molecule has 0 aromatic carbocycles. The molecule has 98 valence electrons. The Kier molecular flexibility index (Phi) is 4.46. The summed E-state index contributed by atoms with van der Waals surface area (Å²) in [4.78, 5) is 1.59. The topological polar surface area (TPSA) is 68.8 Å². The van der Waals surface area contributed by atoms with E-state index < -0.39 is 0 Å². The first-order chi connectivity index (χ1) is 8.83. The van der Waals surface area contributed by atoms with Gasteiger partial charge < -0.3 is 9.73 Å². The quantitative estimate of drug-likeness (QED) is 0.809. The maximum absolute atomic E-state index is 5.22. The van der Waals surface area contributed by atoms with Crippen molar-refractivity contribution in [3.63, 3.8) is 0 Å². The van der Waals surface area contributed by atoms with Crippen LogP contribution in [0.2, 0.25) is 0 Å². The first-order valence-electron chi connectivity index (χ1n) is 6.38. The van der Waals surface area contributed by atoms with E-state index in [4.69, 9.17) is 4.42 Å². The number of tetrazole rings is 1. The molecule has 0 radical (unpaired) electrons. The lowest BCUT2D eigenvalue weighted by molar-refractivity contribution is 0.431. The van der Waals surface area contributed by atoms with E-state index in [1.807, 2.05) is 12.1 Å². The van der Waals surface area contributed by atoms with E-state index in [0.29, 0.717) is 24.2 Å². The number of aromatic nitrogens is 4. The van der Waals surface area contributed by atoms with Crippen molar-refractivity contribution in [2.45, 2.75) is 39.3 Å². The second kappa shape index (κ2) is 6.30. The summed E-state index contributed by atoms with van der Waals surface area (Å²) in [6.45, 7) is 5.93. The van der Waals surface area contributed by atoms with Crippen LogP contribution in [0.4, 0.5) is 0 Å². The monoisotopic (exact) mass is 249 g/mol. The number of rotatable bonds is 7. The van der Waals surface area contributed by atoms with Crippen LogP contribution in [0.1, 0.15) is 26.7 Å². The van der Waals surface area contributed by atoms with Gasteiger partial charge in [0.1, 0.15) is 0 Å². The zero-order chi connectivity index (χ0) is 12.8. The summed E-state index contributed by atoms with van der Waals surface area (Å²) in [5.41, 5.74) is 0. The van der Waals surface area contributed by atoms with Crippen LogP contribution in [0.15, 0.2) is 22.8 Å². The summed E-state index contributed by atoms with van der Waals surface area (Å²) in [5.74, 6) is 1.18. The Morgan fingerprint density at radius 3 is 2.89 bits per heavy atom. The fourth-order valence-electron chi connectivity index (χ4n) is 1.79. The Hall–Kier alpha value is -1.69. The number of hydrogen-bond acceptors (Lipinski definition) is 5. The van der Waals surface area contributed by atoms with Crippen LogP contribution in [0, 0.1) is 0 Å². The fraction of sp³-hybridized carbons (Fsp3) is 0.583. The van der Waals surface area contributed by atoms with E-state index in [2.05, 4.69) is 34.6 Å². The number of furan rings is 1. The van der Waals surface area contributed by atoms with E-state index in [9.17, 15) is 0 Å². The molecule has 0 aliphatic heterocycles. The molecule has 2 rings (SSSR count). The van der Waals surface area contributed by atoms with Crippen molar-refractivity contribution in [3.8, 4) is 11.6 Å². The minimum Gasteiger partial charge on any atom is -0.461 e. The van der Waals surface area contributed by atoms with Gasteiger partial charge in [0, 0.05) is 12.6 Å². The molecular formula is C12H19N5O. The average molecular weight is 249 g/mol. The van der Waals surface area contributed by atoms with Gasteiger partial charge in [0.2, 0.25) is 5.82 Å². The molecule has 0 saturated carbocycles. The molecule has 2 heterocycles. The van der Waals surface area contributed by atoms with E-state index in [-0.39, 0.29) is 0 Å². The highest BCUT2D eigenvalue weighted by Crippen LogP contribution is 2.12. The molecule has 0 atom stereocenters. The van der Waals surface area contributed by atoms with Crippen molar-refractivity contribution >= 4 is 0 Å². The standard InChI is InChI=1S/C12H19N5O/c1-3-10(4-2)13-7-8-17-15-12(14-16-17)11-6-5-9-18-11/h5-6,9-10,13H,3-4,7-8H2,1-2H3. The van der Waals surface area contributed by atoms with Gasteiger partial charge in [0.15, 0.2) is 5.76 Å². The second-order valence-electron chi connectivity index (χ2n) is 4.15. The van der Waals surface area contributed by atoms with Crippen molar-refractivity contribution in [1.29, 1.82) is 0 Å². The Bertz CT molecular complexity index is 447. The summed E-state index contributed by atoms with van der Waals surface area (Å²) in [7, 11) is 0. The normalized spacial score (nSPS) is 11.3. The summed E-state index contributed by atoms with van der Waals surface area (Å²) < 4.78 is 5.22. The lowest BCUT2D eigenvalue weighted by Gasteiger charge is -2.13. The molecule has 1 N–H and O–H groups in total. The van der Waals surface area contributed by atoms with Gasteiger partial charge in [-0.1, -0.05) is 13.8 Å². The van der Waals surface area contributed by atoms with Crippen molar-refractivity contribution in [1.82, 2.24) is 25.5 Å². The molecule has 2 aromatic rings. The van der Waals surface area contributed by atoms with Crippen LogP contribution in [0.3, 0.4) is 0 Å². The molecule has 2 aromatic heterocycles. The summed E-state index contributed by atoms with van der Waals surface area (Å²) in [6.07, 6.45) is 3.88. The van der Waals surface area contributed by atoms with Crippen molar-refractivity contribution in [2.75, 3.05) is 6.54 Å². The van der Waals surface area contributed by atoms with Gasteiger partial charge in [-0.05, 0) is 30.2 Å². The molecule has 0 aliphatic carbocycles. The van der Waals surface area contributed by atoms with E-state index in [0.717, 1.165) is 19.4 Å². The highest BCUT2D eigenvalue weighted by molar-refractivity contribution is 5.43. The van der Waals surface area contributed by atoms with Gasteiger partial charge >= 0.3 is 0 Å². The maximum Gasteiger partial charge on any atom is 0.240 e. The van der Waals surface area contributed by atoms with Crippen LogP contribution in [-0.2, 0) is 6.54 Å². The van der Waals surface area contributed by atoms with Crippen molar-refractivity contribution < 1.29 is 4.42 Å². The molecule has 0 unspecified atom stereocenters. The van der Waals surface area contributed by atoms with Gasteiger partial charge in [-0.25, -0.2) is 0 Å². The Morgan fingerprint density at radius 2 is 2.22 bits per heavy atom. The second-order valence-corrected chi connectivity index (χ2v) is 4.15. The third kappa shape index (κ3) is 3.16. The number of nitrogens with one attached hydrogen (secondary N) is 1. The molecule has 0 fully saturated rings. The molecule has 6 nitrogen and oxygen atoms in total. The van der Waals surface area contributed by atoms with Gasteiger partial charge in [-0.3, -0.25) is 0 Å². The Labute approximate surface area is 106 Å². The minimum absolute atomic E-state index is 0.530. The molecular weight excluding hydrogens is 230 g/mol. The molecule has 0 amide bonds. The highest BCUT2D eigenvalue weighted by Gasteiger charge is 2.08. The van der Waals surface area contributed by atoms with Gasteiger partial charge in [-0.2, -0.15) is 4.80 Å². The van der Waals surface area contributed by atoms with Gasteiger partial charge in [0.05, 0.1) is 12.8 Å². The third-order valence-corrected chi connectivity index (χ3v) is 2.92. The minimum atomic E-state index is 0.530. The molecule has 0 aliphatic rings. The summed E-state index contributed by atoms with van der Waals surface area (Å²) in [5, 5.41) is 15.7. The van der Waals surface area contributed by atoms with Crippen LogP contribution >= 0.6 is 0 Å². The highest BCUT2D eigenvalue weighted by atomic mass is 16.3. The summed E-state index contributed by atoms with van der Waals surface area (Å²) in [6, 6.07) is 4.20. The first kappa shape index (κ1) is 12.8. The average Bonchev–Trinajstić information content (AvgIpc) is 3.05. The molecule has 6 heteroatoms. The van der Waals surface area contributed by atoms with Gasteiger partial charge in [-0.15, -0.1) is 10.2 Å². The predicted octanol–water partition coefficient (Wildman–Crippen LogP) is 1.71. The predicted molar refractivity (Wildman–Crippen MR) is 67.9 cm³/mol. The van der Waals surface area contributed by atoms with Gasteiger partial charge in [0.25, 0.3) is 0 Å². The Morgan fingerprint density at radius 1 is 1.39 bits per heavy atom. The zero-order valence-electron chi connectivity index (χ0n) is 10.8. The van der Waals surface area contributed by atoms with Crippen LogP contribution < -0.4 is 5.32 Å². The zero-order valence-corrected chi connectivity index (χ0v) is 10.8. The summed E-state index contributed by atoms with van der Waals surface area (Å²) >= 11 is 0. The molecule has 0 saturated heterocycles. The van der Waals surface area contributed by atoms with Crippen LogP contribution in [-0.4, -0.2) is 32.8 Å². The number of hydrogen-bond donors (Lipinski definition) is 1. The molecule has 0 spiro atoms.